The monoisotopic (exact) mass is 210 g/mol. The molecule has 0 bridgehead atoms. The van der Waals surface area contributed by atoms with E-state index in [9.17, 15) is 0 Å². The van der Waals surface area contributed by atoms with Crippen molar-refractivity contribution in [2.24, 2.45) is 11.8 Å². The van der Waals surface area contributed by atoms with Gasteiger partial charge in [-0.1, -0.05) is 13.8 Å². The van der Waals surface area contributed by atoms with Crippen LogP contribution in [0.3, 0.4) is 0 Å². The molecule has 2 aliphatic rings. The van der Waals surface area contributed by atoms with Gasteiger partial charge in [-0.3, -0.25) is 9.80 Å². The lowest BCUT2D eigenvalue weighted by Crippen LogP contribution is -2.46. The molecule has 0 aliphatic carbocycles. The molecule has 2 atom stereocenters. The standard InChI is InChI=1S/C13H26N2/c1-12-5-3-7-14(9-12)11-15-8-4-6-13(2)10-15/h12-13H,3-11H2,1-2H3/t12-,13+. The predicted octanol–water partition coefficient (Wildman–Crippen LogP) is 2.41. The fourth-order valence-corrected chi connectivity index (χ4v) is 3.11. The van der Waals surface area contributed by atoms with Crippen LogP contribution >= 0.6 is 0 Å². The van der Waals surface area contributed by atoms with Gasteiger partial charge in [0.2, 0.25) is 0 Å². The van der Waals surface area contributed by atoms with Crippen LogP contribution < -0.4 is 0 Å². The van der Waals surface area contributed by atoms with Crippen molar-refractivity contribution in [1.29, 1.82) is 0 Å². The molecule has 2 heteroatoms. The molecule has 0 saturated carbocycles. The molecule has 2 aliphatic heterocycles. The Morgan fingerprint density at radius 1 is 0.867 bits per heavy atom. The summed E-state index contributed by atoms with van der Waals surface area (Å²) in [7, 11) is 0. The van der Waals surface area contributed by atoms with Crippen LogP contribution in [0.1, 0.15) is 39.5 Å². The molecule has 0 aromatic carbocycles. The summed E-state index contributed by atoms with van der Waals surface area (Å²) in [5.41, 5.74) is 0. The van der Waals surface area contributed by atoms with Gasteiger partial charge in [-0.15, -0.1) is 0 Å². The largest absolute Gasteiger partial charge is 0.290 e. The summed E-state index contributed by atoms with van der Waals surface area (Å²) in [6, 6.07) is 0. The molecule has 2 saturated heterocycles. The molecule has 0 spiro atoms. The molecule has 0 aromatic heterocycles. The minimum Gasteiger partial charge on any atom is -0.290 e. The third-order valence-corrected chi connectivity index (χ3v) is 3.88. The van der Waals surface area contributed by atoms with Crippen molar-refractivity contribution in [2.75, 3.05) is 32.8 Å². The van der Waals surface area contributed by atoms with Crippen molar-refractivity contribution < 1.29 is 0 Å². The Labute approximate surface area is 94.6 Å². The molecule has 0 unspecified atom stereocenters. The molecule has 88 valence electrons. The van der Waals surface area contributed by atoms with E-state index in [0.29, 0.717) is 0 Å². The summed E-state index contributed by atoms with van der Waals surface area (Å²) in [5, 5.41) is 0. The third kappa shape index (κ3) is 3.46. The second-order valence-electron chi connectivity index (χ2n) is 5.79. The molecule has 15 heavy (non-hydrogen) atoms. The van der Waals surface area contributed by atoms with Crippen LogP contribution in [0.5, 0.6) is 0 Å². The van der Waals surface area contributed by atoms with Crippen molar-refractivity contribution >= 4 is 0 Å². The summed E-state index contributed by atoms with van der Waals surface area (Å²) in [5.74, 6) is 1.84. The zero-order valence-corrected chi connectivity index (χ0v) is 10.4. The van der Waals surface area contributed by atoms with Crippen molar-refractivity contribution in [1.82, 2.24) is 9.80 Å². The Morgan fingerprint density at radius 2 is 1.33 bits per heavy atom. The lowest BCUT2D eigenvalue weighted by Gasteiger charge is -2.38. The van der Waals surface area contributed by atoms with Gasteiger partial charge in [0.1, 0.15) is 0 Å². The number of likely N-dealkylation sites (tertiary alicyclic amines) is 2. The number of hydrogen-bond acceptors (Lipinski definition) is 2. The van der Waals surface area contributed by atoms with Crippen LogP contribution in [-0.2, 0) is 0 Å². The predicted molar refractivity (Wildman–Crippen MR) is 64.8 cm³/mol. The van der Waals surface area contributed by atoms with Crippen LogP contribution in [0.2, 0.25) is 0 Å². The Morgan fingerprint density at radius 3 is 1.73 bits per heavy atom. The first-order chi connectivity index (χ1) is 7.24. The number of hydrogen-bond donors (Lipinski definition) is 0. The van der Waals surface area contributed by atoms with Crippen LogP contribution in [0, 0.1) is 11.8 Å². The number of nitrogens with zero attached hydrogens (tertiary/aromatic N) is 2. The van der Waals surface area contributed by atoms with Gasteiger partial charge in [0.25, 0.3) is 0 Å². The molecular weight excluding hydrogens is 184 g/mol. The van der Waals surface area contributed by atoms with Crippen LogP contribution in [0.4, 0.5) is 0 Å². The number of rotatable bonds is 2. The highest BCUT2D eigenvalue weighted by atomic mass is 15.3. The normalized spacial score (nSPS) is 35.6. The van der Waals surface area contributed by atoms with E-state index in [1.807, 2.05) is 0 Å². The van der Waals surface area contributed by atoms with Gasteiger partial charge in [0.05, 0.1) is 6.67 Å². The van der Waals surface area contributed by atoms with Gasteiger partial charge in [-0.2, -0.15) is 0 Å². The molecule has 2 heterocycles. The van der Waals surface area contributed by atoms with E-state index in [2.05, 4.69) is 23.6 Å². The average molecular weight is 210 g/mol. The van der Waals surface area contributed by atoms with Crippen LogP contribution in [-0.4, -0.2) is 42.6 Å². The van der Waals surface area contributed by atoms with Crippen molar-refractivity contribution in [3.8, 4) is 0 Å². The zero-order chi connectivity index (χ0) is 10.7. The van der Waals surface area contributed by atoms with Gasteiger partial charge < -0.3 is 0 Å². The summed E-state index contributed by atoms with van der Waals surface area (Å²) in [6.45, 7) is 11.3. The second kappa shape index (κ2) is 5.31. The minimum absolute atomic E-state index is 0.918. The van der Waals surface area contributed by atoms with E-state index in [-0.39, 0.29) is 0 Å². The average Bonchev–Trinajstić information content (AvgIpc) is 2.17. The van der Waals surface area contributed by atoms with Crippen molar-refractivity contribution in [2.45, 2.75) is 39.5 Å². The lowest BCUT2D eigenvalue weighted by molar-refractivity contribution is 0.0670. The first-order valence-electron chi connectivity index (χ1n) is 6.69. The Bertz CT molecular complexity index is 173. The van der Waals surface area contributed by atoms with E-state index >= 15 is 0 Å². The molecule has 0 radical (unpaired) electrons. The molecule has 0 amide bonds. The maximum absolute atomic E-state index is 2.66. The Kier molecular flexibility index (Phi) is 4.04. The highest BCUT2D eigenvalue weighted by Gasteiger charge is 2.21. The summed E-state index contributed by atoms with van der Waals surface area (Å²) in [6.07, 6.45) is 5.69. The smallest absolute Gasteiger partial charge is 0.0506 e. The van der Waals surface area contributed by atoms with Gasteiger partial charge in [-0.25, -0.2) is 0 Å². The van der Waals surface area contributed by atoms with E-state index < -0.39 is 0 Å². The Hall–Kier alpha value is -0.0800. The maximum atomic E-state index is 2.66. The van der Waals surface area contributed by atoms with E-state index in [0.717, 1.165) is 11.8 Å². The van der Waals surface area contributed by atoms with Crippen LogP contribution in [0.15, 0.2) is 0 Å². The van der Waals surface area contributed by atoms with Gasteiger partial charge in [0, 0.05) is 13.1 Å². The van der Waals surface area contributed by atoms with Gasteiger partial charge >= 0.3 is 0 Å². The van der Waals surface area contributed by atoms with E-state index in [4.69, 9.17) is 0 Å². The highest BCUT2D eigenvalue weighted by Crippen LogP contribution is 2.19. The highest BCUT2D eigenvalue weighted by molar-refractivity contribution is 4.74. The van der Waals surface area contributed by atoms with E-state index in [1.165, 1.54) is 58.5 Å². The number of piperidine rings is 2. The lowest BCUT2D eigenvalue weighted by atomic mass is 9.99. The molecule has 0 aromatic rings. The zero-order valence-electron chi connectivity index (χ0n) is 10.4. The first-order valence-corrected chi connectivity index (χ1v) is 6.69. The molecule has 0 N–H and O–H groups in total. The molecule has 2 rings (SSSR count). The van der Waals surface area contributed by atoms with E-state index in [1.54, 1.807) is 0 Å². The molecule has 2 fully saturated rings. The van der Waals surface area contributed by atoms with Gasteiger partial charge in [-0.05, 0) is 50.6 Å². The quantitative estimate of drug-likeness (QED) is 0.690. The van der Waals surface area contributed by atoms with Crippen LogP contribution in [0.25, 0.3) is 0 Å². The minimum atomic E-state index is 0.918. The first kappa shape index (κ1) is 11.4. The maximum Gasteiger partial charge on any atom is 0.0506 e. The van der Waals surface area contributed by atoms with Gasteiger partial charge in [0.15, 0.2) is 0 Å². The van der Waals surface area contributed by atoms with Crippen molar-refractivity contribution in [3.63, 3.8) is 0 Å². The fraction of sp³-hybridized carbons (Fsp3) is 1.00. The molecular formula is C13H26N2. The third-order valence-electron chi connectivity index (χ3n) is 3.88. The van der Waals surface area contributed by atoms with Crippen molar-refractivity contribution in [3.05, 3.63) is 0 Å². The summed E-state index contributed by atoms with van der Waals surface area (Å²) >= 11 is 0. The fourth-order valence-electron chi connectivity index (χ4n) is 3.11. The SMILES string of the molecule is C[C@@H]1CCCN(CN2CCC[C@H](C)C2)C1. The molecule has 2 nitrogen and oxygen atoms in total. The summed E-state index contributed by atoms with van der Waals surface area (Å²) in [4.78, 5) is 5.32. The second-order valence-corrected chi connectivity index (χ2v) is 5.79. The topological polar surface area (TPSA) is 6.48 Å². The summed E-state index contributed by atoms with van der Waals surface area (Å²) < 4.78 is 0. The Balaban J connectivity index is 1.75.